The number of aromatic nitrogens is 1. The molecule has 0 spiro atoms. The molecule has 1 heterocycles. The first-order valence-corrected chi connectivity index (χ1v) is 6.42. The molecular formula is C16H20N2. The van der Waals surface area contributed by atoms with E-state index in [1.807, 2.05) is 0 Å². The fourth-order valence-corrected chi connectivity index (χ4v) is 2.41. The molecule has 0 radical (unpaired) electrons. The molecule has 94 valence electrons. The Bertz CT molecular complexity index is 534. The molecule has 18 heavy (non-hydrogen) atoms. The van der Waals surface area contributed by atoms with Crippen LogP contribution in [0.15, 0.2) is 24.3 Å². The van der Waals surface area contributed by atoms with E-state index < -0.39 is 0 Å². The number of hydrogen-bond acceptors (Lipinski definition) is 1. The summed E-state index contributed by atoms with van der Waals surface area (Å²) in [4.78, 5) is 0. The Morgan fingerprint density at radius 3 is 2.83 bits per heavy atom. The maximum Gasteiger partial charge on any atom is 0.0483 e. The Kier molecular flexibility index (Phi) is 4.07. The molecule has 2 nitrogen and oxygen atoms in total. The molecule has 0 aliphatic carbocycles. The van der Waals surface area contributed by atoms with Gasteiger partial charge in [-0.25, -0.2) is 0 Å². The average molecular weight is 240 g/mol. The fourth-order valence-electron chi connectivity index (χ4n) is 2.41. The van der Waals surface area contributed by atoms with Gasteiger partial charge in [0.1, 0.15) is 0 Å². The molecule has 0 saturated heterocycles. The molecule has 2 aromatic rings. The predicted octanol–water partition coefficient (Wildman–Crippen LogP) is 2.99. The Hall–Kier alpha value is -1.72. The zero-order valence-electron chi connectivity index (χ0n) is 11.2. The van der Waals surface area contributed by atoms with Crippen LogP contribution in [-0.2, 0) is 13.6 Å². The quantitative estimate of drug-likeness (QED) is 0.628. The number of terminal acetylenes is 1. The highest BCUT2D eigenvalue weighted by Crippen LogP contribution is 2.24. The van der Waals surface area contributed by atoms with Gasteiger partial charge in [-0.2, -0.15) is 0 Å². The van der Waals surface area contributed by atoms with Crippen molar-refractivity contribution in [3.8, 4) is 12.3 Å². The van der Waals surface area contributed by atoms with Crippen molar-refractivity contribution in [2.75, 3.05) is 6.54 Å². The standard InChI is InChI=1S/C16H20N2/c1-4-5-8-11-17-12-16-13(2)14-9-6-7-10-15(14)18(16)3/h1,6-7,9-10,17H,5,8,11-12H2,2-3H3. The summed E-state index contributed by atoms with van der Waals surface area (Å²) in [5.41, 5.74) is 4.03. The Morgan fingerprint density at radius 1 is 1.33 bits per heavy atom. The minimum atomic E-state index is 0.848. The molecule has 2 rings (SSSR count). The normalized spacial score (nSPS) is 10.7. The monoisotopic (exact) mass is 240 g/mol. The predicted molar refractivity (Wildman–Crippen MR) is 77.4 cm³/mol. The first kappa shape index (κ1) is 12.7. The highest BCUT2D eigenvalue weighted by Gasteiger charge is 2.09. The lowest BCUT2D eigenvalue weighted by Gasteiger charge is -2.07. The number of para-hydroxylation sites is 1. The van der Waals surface area contributed by atoms with Gasteiger partial charge in [0, 0.05) is 36.6 Å². The Labute approximate surface area is 109 Å². The van der Waals surface area contributed by atoms with Crippen LogP contribution in [0.2, 0.25) is 0 Å². The highest BCUT2D eigenvalue weighted by atomic mass is 15.0. The lowest BCUT2D eigenvalue weighted by molar-refractivity contribution is 0.633. The number of nitrogens with one attached hydrogen (secondary N) is 1. The molecule has 1 aromatic carbocycles. The number of benzene rings is 1. The summed E-state index contributed by atoms with van der Waals surface area (Å²) < 4.78 is 2.28. The average Bonchev–Trinajstić information content (AvgIpc) is 2.64. The van der Waals surface area contributed by atoms with Crippen molar-refractivity contribution in [3.63, 3.8) is 0 Å². The highest BCUT2D eigenvalue weighted by molar-refractivity contribution is 5.85. The van der Waals surface area contributed by atoms with Crippen molar-refractivity contribution >= 4 is 10.9 Å². The van der Waals surface area contributed by atoms with Crippen LogP contribution in [0.4, 0.5) is 0 Å². The molecule has 2 heteroatoms. The number of fused-ring (bicyclic) bond motifs is 1. The minimum absolute atomic E-state index is 0.848. The number of nitrogens with zero attached hydrogens (tertiary/aromatic N) is 1. The second-order valence-electron chi connectivity index (χ2n) is 4.63. The number of aryl methyl sites for hydroxylation is 2. The van der Waals surface area contributed by atoms with Crippen molar-refractivity contribution in [1.29, 1.82) is 0 Å². The van der Waals surface area contributed by atoms with Crippen molar-refractivity contribution < 1.29 is 0 Å². The van der Waals surface area contributed by atoms with Crippen LogP contribution >= 0.6 is 0 Å². The zero-order chi connectivity index (χ0) is 13.0. The van der Waals surface area contributed by atoms with Gasteiger partial charge < -0.3 is 9.88 Å². The van der Waals surface area contributed by atoms with Gasteiger partial charge in [0.25, 0.3) is 0 Å². The van der Waals surface area contributed by atoms with Crippen LogP contribution in [0, 0.1) is 19.3 Å². The Balaban J connectivity index is 2.11. The van der Waals surface area contributed by atoms with Gasteiger partial charge in [-0.1, -0.05) is 18.2 Å². The smallest absolute Gasteiger partial charge is 0.0483 e. The third-order valence-corrected chi connectivity index (χ3v) is 3.47. The molecule has 0 fully saturated rings. The van der Waals surface area contributed by atoms with Crippen LogP contribution in [0.5, 0.6) is 0 Å². The van der Waals surface area contributed by atoms with E-state index >= 15 is 0 Å². The molecule has 0 saturated carbocycles. The first-order valence-electron chi connectivity index (χ1n) is 6.42. The van der Waals surface area contributed by atoms with E-state index in [4.69, 9.17) is 6.42 Å². The molecule has 0 bridgehead atoms. The molecular weight excluding hydrogens is 220 g/mol. The van der Waals surface area contributed by atoms with Gasteiger partial charge in [-0.15, -0.1) is 12.3 Å². The number of rotatable bonds is 5. The second-order valence-corrected chi connectivity index (χ2v) is 4.63. The van der Waals surface area contributed by atoms with Gasteiger partial charge in [0.15, 0.2) is 0 Å². The van der Waals surface area contributed by atoms with E-state index in [-0.39, 0.29) is 0 Å². The number of hydrogen-bond donors (Lipinski definition) is 1. The summed E-state index contributed by atoms with van der Waals surface area (Å²) in [5, 5.41) is 4.81. The maximum atomic E-state index is 5.24. The Morgan fingerprint density at radius 2 is 2.11 bits per heavy atom. The van der Waals surface area contributed by atoms with Crippen LogP contribution < -0.4 is 5.32 Å². The van der Waals surface area contributed by atoms with Crippen LogP contribution in [0.25, 0.3) is 10.9 Å². The van der Waals surface area contributed by atoms with Gasteiger partial charge >= 0.3 is 0 Å². The van der Waals surface area contributed by atoms with Gasteiger partial charge in [0.2, 0.25) is 0 Å². The van der Waals surface area contributed by atoms with E-state index in [1.165, 1.54) is 22.2 Å². The van der Waals surface area contributed by atoms with Crippen molar-refractivity contribution in [1.82, 2.24) is 9.88 Å². The van der Waals surface area contributed by atoms with E-state index in [0.717, 1.165) is 25.9 Å². The lowest BCUT2D eigenvalue weighted by atomic mass is 10.1. The molecule has 0 aliphatic heterocycles. The zero-order valence-corrected chi connectivity index (χ0v) is 11.2. The first-order chi connectivity index (χ1) is 8.75. The topological polar surface area (TPSA) is 17.0 Å². The molecule has 0 amide bonds. The molecule has 1 N–H and O–H groups in total. The summed E-state index contributed by atoms with van der Waals surface area (Å²) in [6.45, 7) is 4.08. The molecule has 0 atom stereocenters. The summed E-state index contributed by atoms with van der Waals surface area (Å²) in [6.07, 6.45) is 7.13. The van der Waals surface area contributed by atoms with Gasteiger partial charge in [-0.3, -0.25) is 0 Å². The number of unbranched alkanes of at least 4 members (excludes halogenated alkanes) is 1. The fraction of sp³-hybridized carbons (Fsp3) is 0.375. The lowest BCUT2D eigenvalue weighted by Crippen LogP contribution is -2.17. The summed E-state index contributed by atoms with van der Waals surface area (Å²) >= 11 is 0. The second kappa shape index (κ2) is 5.75. The SMILES string of the molecule is C#CCCCNCc1c(C)c2ccccc2n1C. The third kappa shape index (κ3) is 2.42. The molecule has 0 unspecified atom stereocenters. The van der Waals surface area contributed by atoms with Gasteiger partial charge in [0.05, 0.1) is 0 Å². The summed E-state index contributed by atoms with van der Waals surface area (Å²) in [5.74, 6) is 2.67. The molecule has 0 aliphatic rings. The molecule has 1 aromatic heterocycles. The van der Waals surface area contributed by atoms with Crippen molar-refractivity contribution in [2.24, 2.45) is 7.05 Å². The maximum absolute atomic E-state index is 5.24. The van der Waals surface area contributed by atoms with E-state index in [2.05, 4.69) is 54.0 Å². The third-order valence-electron chi connectivity index (χ3n) is 3.47. The minimum Gasteiger partial charge on any atom is -0.346 e. The van der Waals surface area contributed by atoms with E-state index in [9.17, 15) is 0 Å². The van der Waals surface area contributed by atoms with Gasteiger partial charge in [-0.05, 0) is 31.5 Å². The van der Waals surface area contributed by atoms with Crippen molar-refractivity contribution in [2.45, 2.75) is 26.3 Å². The largest absolute Gasteiger partial charge is 0.346 e. The summed E-state index contributed by atoms with van der Waals surface area (Å²) in [6, 6.07) is 8.54. The van der Waals surface area contributed by atoms with Crippen molar-refractivity contribution in [3.05, 3.63) is 35.5 Å². The van der Waals surface area contributed by atoms with Crippen LogP contribution in [-0.4, -0.2) is 11.1 Å². The van der Waals surface area contributed by atoms with E-state index in [1.54, 1.807) is 0 Å². The van der Waals surface area contributed by atoms with Crippen LogP contribution in [0.1, 0.15) is 24.1 Å². The summed E-state index contributed by atoms with van der Waals surface area (Å²) in [7, 11) is 2.13. The van der Waals surface area contributed by atoms with E-state index in [0.29, 0.717) is 0 Å². The van der Waals surface area contributed by atoms with Crippen LogP contribution in [0.3, 0.4) is 0 Å².